The molecule has 0 spiro atoms. The molecule has 182 valence electrons. The molecule has 4 rings (SSSR count). The van der Waals surface area contributed by atoms with Crippen LogP contribution in [0.15, 0.2) is 48.5 Å². The van der Waals surface area contributed by atoms with Gasteiger partial charge in [0, 0.05) is 19.0 Å². The molecule has 0 saturated carbocycles. The van der Waals surface area contributed by atoms with E-state index in [2.05, 4.69) is 18.3 Å². The number of para-hydroxylation sites is 1. The van der Waals surface area contributed by atoms with Crippen molar-refractivity contribution >= 4 is 34.4 Å². The molecule has 3 aromatic rings. The second kappa shape index (κ2) is 11.1. The largest absolute Gasteiger partial charge is 0.497 e. The second-order valence-corrected chi connectivity index (χ2v) is 8.71. The van der Waals surface area contributed by atoms with E-state index in [1.807, 2.05) is 48.5 Å². The van der Waals surface area contributed by atoms with E-state index in [4.69, 9.17) is 19.2 Å². The molecule has 1 aromatic heterocycles. The molecular formula is C28H30N2O5. The van der Waals surface area contributed by atoms with Gasteiger partial charge >= 0.3 is 5.97 Å². The first-order valence-electron chi connectivity index (χ1n) is 11.7. The van der Waals surface area contributed by atoms with E-state index in [-0.39, 0.29) is 12.5 Å². The number of hydrogen-bond acceptors (Lipinski definition) is 6. The highest BCUT2D eigenvalue weighted by molar-refractivity contribution is 6.07. The van der Waals surface area contributed by atoms with Gasteiger partial charge in [-0.3, -0.25) is 4.79 Å². The lowest BCUT2D eigenvalue weighted by molar-refractivity contribution is -0.124. The van der Waals surface area contributed by atoms with Crippen LogP contribution >= 0.6 is 0 Å². The van der Waals surface area contributed by atoms with Crippen molar-refractivity contribution in [2.45, 2.75) is 19.8 Å². The summed E-state index contributed by atoms with van der Waals surface area (Å²) >= 11 is 0. The van der Waals surface area contributed by atoms with Gasteiger partial charge in [-0.1, -0.05) is 37.3 Å². The molecule has 0 radical (unpaired) electrons. The number of carbonyl (C=O) groups excluding carboxylic acids is 2. The summed E-state index contributed by atoms with van der Waals surface area (Å²) in [5.41, 5.74) is 5.00. The van der Waals surface area contributed by atoms with Crippen LogP contribution in [0.1, 0.15) is 40.5 Å². The minimum atomic E-state index is -0.514. The number of ether oxygens (including phenoxy) is 3. The average molecular weight is 475 g/mol. The van der Waals surface area contributed by atoms with Crippen molar-refractivity contribution in [1.29, 1.82) is 0 Å². The maximum absolute atomic E-state index is 13.3. The smallest absolute Gasteiger partial charge is 0.339 e. The highest BCUT2D eigenvalue weighted by atomic mass is 16.5. The molecule has 7 nitrogen and oxygen atoms in total. The quantitative estimate of drug-likeness (QED) is 0.387. The van der Waals surface area contributed by atoms with E-state index in [0.29, 0.717) is 31.1 Å². The molecular weight excluding hydrogens is 444 g/mol. The predicted molar refractivity (Wildman–Crippen MR) is 135 cm³/mol. The van der Waals surface area contributed by atoms with Crippen LogP contribution < -0.4 is 10.1 Å². The van der Waals surface area contributed by atoms with Gasteiger partial charge in [0.1, 0.15) is 5.75 Å². The molecule has 2 aromatic carbocycles. The van der Waals surface area contributed by atoms with Gasteiger partial charge in [0.05, 0.1) is 30.5 Å². The zero-order valence-corrected chi connectivity index (χ0v) is 20.3. The number of allylic oxidation sites excluding steroid dienone is 1. The molecule has 35 heavy (non-hydrogen) atoms. The maximum Gasteiger partial charge on any atom is 0.339 e. The van der Waals surface area contributed by atoms with E-state index < -0.39 is 5.97 Å². The van der Waals surface area contributed by atoms with Crippen LogP contribution in [0.4, 0.5) is 0 Å². The van der Waals surface area contributed by atoms with E-state index in [1.54, 1.807) is 14.2 Å². The van der Waals surface area contributed by atoms with Gasteiger partial charge in [-0.2, -0.15) is 0 Å². The Kier molecular flexibility index (Phi) is 7.77. The van der Waals surface area contributed by atoms with Crippen LogP contribution in [0.5, 0.6) is 5.75 Å². The van der Waals surface area contributed by atoms with Crippen molar-refractivity contribution in [3.63, 3.8) is 0 Å². The maximum atomic E-state index is 13.3. The number of fused-ring (bicyclic) bond motifs is 2. The summed E-state index contributed by atoms with van der Waals surface area (Å²) in [6, 6.07) is 15.4. The fourth-order valence-corrected chi connectivity index (χ4v) is 4.42. The molecule has 0 fully saturated rings. The van der Waals surface area contributed by atoms with E-state index >= 15 is 0 Å². The average Bonchev–Trinajstić information content (AvgIpc) is 2.86. The van der Waals surface area contributed by atoms with E-state index in [0.717, 1.165) is 45.5 Å². The Labute approximate surface area is 205 Å². The Bertz CT molecular complexity index is 1250. The van der Waals surface area contributed by atoms with Gasteiger partial charge < -0.3 is 19.5 Å². The molecule has 0 aliphatic heterocycles. The Hall–Kier alpha value is -3.71. The van der Waals surface area contributed by atoms with Crippen molar-refractivity contribution < 1.29 is 23.8 Å². The van der Waals surface area contributed by atoms with Crippen molar-refractivity contribution in [1.82, 2.24) is 10.3 Å². The third-order valence-corrected chi connectivity index (χ3v) is 6.04. The summed E-state index contributed by atoms with van der Waals surface area (Å²) in [7, 11) is 3.20. The van der Waals surface area contributed by atoms with Gasteiger partial charge in [0.15, 0.2) is 6.61 Å². The van der Waals surface area contributed by atoms with Crippen LogP contribution in [0, 0.1) is 5.92 Å². The number of pyridine rings is 1. The number of rotatable bonds is 8. The Balaban J connectivity index is 1.72. The first kappa shape index (κ1) is 24.4. The molecule has 1 unspecified atom stereocenters. The molecule has 1 aliphatic rings. The molecule has 1 N–H and O–H groups in total. The highest BCUT2D eigenvalue weighted by Crippen LogP contribution is 2.38. The van der Waals surface area contributed by atoms with Crippen LogP contribution in [0.2, 0.25) is 0 Å². The minimum absolute atomic E-state index is 0.318. The number of carbonyl (C=O) groups is 2. The zero-order valence-electron chi connectivity index (χ0n) is 20.3. The summed E-state index contributed by atoms with van der Waals surface area (Å²) in [5.74, 6) is 0.236. The molecule has 1 amide bonds. The summed E-state index contributed by atoms with van der Waals surface area (Å²) in [6.45, 7) is 2.57. The normalized spacial score (nSPS) is 16.1. The lowest BCUT2D eigenvalue weighted by Gasteiger charge is -2.26. The van der Waals surface area contributed by atoms with Crippen molar-refractivity contribution in [3.05, 3.63) is 70.9 Å². The minimum Gasteiger partial charge on any atom is -0.497 e. The number of nitrogens with zero attached hydrogens (tertiary/aromatic N) is 1. The SMILES string of the molecule is COCCNC(=O)COC(=O)c1c2c(nc3ccccc13)/C(=C/c1ccc(OC)cc1)CC(C)C2. The predicted octanol–water partition coefficient (Wildman–Crippen LogP) is 4.29. The highest BCUT2D eigenvalue weighted by Gasteiger charge is 2.29. The van der Waals surface area contributed by atoms with E-state index in [9.17, 15) is 9.59 Å². The fraction of sp³-hybridized carbons (Fsp3) is 0.321. The first-order chi connectivity index (χ1) is 17.0. The lowest BCUT2D eigenvalue weighted by Crippen LogP contribution is -2.31. The summed E-state index contributed by atoms with van der Waals surface area (Å²) < 4.78 is 15.7. The molecule has 0 saturated heterocycles. The van der Waals surface area contributed by atoms with Crippen LogP contribution in [-0.4, -0.2) is 50.8 Å². The van der Waals surface area contributed by atoms with Crippen LogP contribution in [0.25, 0.3) is 22.6 Å². The molecule has 1 heterocycles. The van der Waals surface area contributed by atoms with E-state index in [1.165, 1.54) is 0 Å². The molecule has 1 aliphatic carbocycles. The summed E-state index contributed by atoms with van der Waals surface area (Å²) in [4.78, 5) is 30.4. The number of esters is 1. The van der Waals surface area contributed by atoms with Crippen molar-refractivity contribution in [2.24, 2.45) is 5.92 Å². The zero-order chi connectivity index (χ0) is 24.8. The summed E-state index contributed by atoms with van der Waals surface area (Å²) in [5, 5.41) is 3.40. The third kappa shape index (κ3) is 5.69. The topological polar surface area (TPSA) is 86.8 Å². The number of nitrogens with one attached hydrogen (secondary N) is 1. The van der Waals surface area contributed by atoms with Gasteiger partial charge in [-0.25, -0.2) is 9.78 Å². The Morgan fingerprint density at radius 3 is 2.60 bits per heavy atom. The van der Waals surface area contributed by atoms with Crippen LogP contribution in [0.3, 0.4) is 0 Å². The van der Waals surface area contributed by atoms with Crippen LogP contribution in [-0.2, 0) is 20.7 Å². The van der Waals surface area contributed by atoms with Crippen molar-refractivity contribution in [2.75, 3.05) is 34.0 Å². The number of aromatic nitrogens is 1. The standard InChI is InChI=1S/C28H30N2O5/c1-18-14-20(16-19-8-10-21(34-3)11-9-19)27-23(15-18)26(22-6-4-5-7-24(22)30-27)28(32)35-17-25(31)29-12-13-33-2/h4-11,16,18H,12-15,17H2,1-3H3,(H,29,31)/b20-16+. The van der Waals surface area contributed by atoms with Gasteiger partial charge in [0.25, 0.3) is 5.91 Å². The Morgan fingerprint density at radius 1 is 1.09 bits per heavy atom. The second-order valence-electron chi connectivity index (χ2n) is 8.71. The number of hydrogen-bond donors (Lipinski definition) is 1. The first-order valence-corrected chi connectivity index (χ1v) is 11.7. The van der Waals surface area contributed by atoms with Gasteiger partial charge in [0.2, 0.25) is 0 Å². The third-order valence-electron chi connectivity index (χ3n) is 6.04. The number of benzene rings is 2. The van der Waals surface area contributed by atoms with Gasteiger partial charge in [-0.05, 0) is 59.7 Å². The molecule has 1 atom stereocenters. The number of methoxy groups -OCH3 is 2. The monoisotopic (exact) mass is 474 g/mol. The summed E-state index contributed by atoms with van der Waals surface area (Å²) in [6.07, 6.45) is 3.67. The molecule has 7 heteroatoms. The fourth-order valence-electron chi connectivity index (χ4n) is 4.42. The number of amides is 1. The van der Waals surface area contributed by atoms with Gasteiger partial charge in [-0.15, -0.1) is 0 Å². The lowest BCUT2D eigenvalue weighted by atomic mass is 9.80. The molecule has 0 bridgehead atoms. The van der Waals surface area contributed by atoms with Crippen molar-refractivity contribution in [3.8, 4) is 5.75 Å². The Morgan fingerprint density at radius 2 is 1.86 bits per heavy atom.